The molecule has 1 aliphatic rings. The summed E-state index contributed by atoms with van der Waals surface area (Å²) < 4.78 is 2.83. The second-order valence-corrected chi connectivity index (χ2v) is 5.90. The van der Waals surface area contributed by atoms with Gasteiger partial charge in [-0.2, -0.15) is 5.10 Å². The van der Waals surface area contributed by atoms with E-state index >= 15 is 0 Å². The summed E-state index contributed by atoms with van der Waals surface area (Å²) >= 11 is 3.56. The minimum Gasteiger partial charge on any atom is -0.332 e. The predicted octanol–water partition coefficient (Wildman–Crippen LogP) is 2.69. The highest BCUT2D eigenvalue weighted by Gasteiger charge is 2.25. The number of carbonyl (C=O) groups excluding carboxylic acids is 1. The molecule has 0 bridgehead atoms. The quantitative estimate of drug-likeness (QED) is 0.847. The Kier molecular flexibility index (Phi) is 3.38. The van der Waals surface area contributed by atoms with Gasteiger partial charge in [0.15, 0.2) is 0 Å². The van der Waals surface area contributed by atoms with Crippen LogP contribution in [0.1, 0.15) is 27.3 Å². The van der Waals surface area contributed by atoms with Gasteiger partial charge in [-0.15, -0.1) is 0 Å². The molecule has 1 amide bonds. The number of aryl methyl sites for hydroxylation is 2. The minimum atomic E-state index is 0.109. The molecule has 0 radical (unpaired) electrons. The number of rotatable bonds is 2. The fourth-order valence-corrected chi connectivity index (χ4v) is 3.12. The third-order valence-corrected chi connectivity index (χ3v) is 4.82. The number of fused-ring (bicyclic) bond motifs is 1. The molecule has 2 heterocycles. The fourth-order valence-electron chi connectivity index (χ4n) is 2.66. The van der Waals surface area contributed by atoms with Crippen LogP contribution < -0.4 is 0 Å². The second-order valence-electron chi connectivity index (χ2n) is 5.10. The molecule has 1 aliphatic heterocycles. The zero-order chi connectivity index (χ0) is 14.3. The van der Waals surface area contributed by atoms with Crippen molar-refractivity contribution in [2.45, 2.75) is 19.9 Å². The van der Waals surface area contributed by atoms with Gasteiger partial charge in [0, 0.05) is 19.2 Å². The molecule has 20 heavy (non-hydrogen) atoms. The van der Waals surface area contributed by atoms with Crippen molar-refractivity contribution in [3.05, 3.63) is 51.3 Å². The van der Waals surface area contributed by atoms with Gasteiger partial charge in [-0.1, -0.05) is 18.2 Å². The van der Waals surface area contributed by atoms with E-state index in [4.69, 9.17) is 0 Å². The molecule has 0 saturated carbocycles. The van der Waals surface area contributed by atoms with Gasteiger partial charge in [0.25, 0.3) is 5.91 Å². The fraction of sp³-hybridized carbons (Fsp3) is 0.333. The lowest BCUT2D eigenvalue weighted by Gasteiger charge is -2.28. The Morgan fingerprint density at radius 1 is 1.35 bits per heavy atom. The van der Waals surface area contributed by atoms with Crippen molar-refractivity contribution in [3.63, 3.8) is 0 Å². The van der Waals surface area contributed by atoms with E-state index < -0.39 is 0 Å². The minimum absolute atomic E-state index is 0.109. The highest BCUT2D eigenvalue weighted by molar-refractivity contribution is 9.10. The van der Waals surface area contributed by atoms with Crippen molar-refractivity contribution in [1.29, 1.82) is 0 Å². The molecule has 0 aliphatic carbocycles. The third-order valence-electron chi connectivity index (χ3n) is 3.79. The van der Waals surface area contributed by atoms with E-state index in [0.29, 0.717) is 6.54 Å². The first-order chi connectivity index (χ1) is 9.58. The first-order valence-corrected chi connectivity index (χ1v) is 7.42. The standard InChI is InChI=1S/C15H16BrN3O/c1-10-14(16)13(18(2)17-10)9-19-8-7-11-5-3-4-6-12(11)15(19)20/h3-6H,7-9H2,1-2H3. The number of amides is 1. The summed E-state index contributed by atoms with van der Waals surface area (Å²) in [5.74, 6) is 0.109. The van der Waals surface area contributed by atoms with Crippen molar-refractivity contribution < 1.29 is 4.79 Å². The Balaban J connectivity index is 1.88. The Hall–Kier alpha value is -1.62. The molecule has 0 unspecified atom stereocenters. The average Bonchev–Trinajstić information content (AvgIpc) is 2.68. The molecule has 1 aromatic heterocycles. The van der Waals surface area contributed by atoms with E-state index in [2.05, 4.69) is 21.0 Å². The van der Waals surface area contributed by atoms with Crippen molar-refractivity contribution >= 4 is 21.8 Å². The Morgan fingerprint density at radius 2 is 2.10 bits per heavy atom. The molecule has 104 valence electrons. The summed E-state index contributed by atoms with van der Waals surface area (Å²) in [6.07, 6.45) is 0.913. The van der Waals surface area contributed by atoms with Gasteiger partial charge in [-0.3, -0.25) is 9.48 Å². The van der Waals surface area contributed by atoms with E-state index in [1.54, 1.807) is 0 Å². The third kappa shape index (κ3) is 2.16. The van der Waals surface area contributed by atoms with E-state index in [1.165, 1.54) is 0 Å². The highest BCUT2D eigenvalue weighted by Crippen LogP contribution is 2.25. The van der Waals surface area contributed by atoms with E-state index in [9.17, 15) is 4.79 Å². The number of hydrogen-bond donors (Lipinski definition) is 0. The maximum atomic E-state index is 12.5. The van der Waals surface area contributed by atoms with Gasteiger partial charge in [-0.05, 0) is 40.9 Å². The molecule has 0 saturated heterocycles. The summed E-state index contributed by atoms with van der Waals surface area (Å²) in [5.41, 5.74) is 3.96. The van der Waals surface area contributed by atoms with E-state index in [1.807, 2.05) is 47.8 Å². The second kappa shape index (κ2) is 5.05. The molecule has 2 aromatic rings. The summed E-state index contributed by atoms with van der Waals surface area (Å²) in [5, 5.41) is 4.38. The van der Waals surface area contributed by atoms with Gasteiger partial charge < -0.3 is 4.90 Å². The Bertz CT molecular complexity index is 678. The van der Waals surface area contributed by atoms with Gasteiger partial charge in [0.05, 0.1) is 22.4 Å². The van der Waals surface area contributed by atoms with Crippen molar-refractivity contribution in [2.75, 3.05) is 6.54 Å². The Labute approximate surface area is 126 Å². The van der Waals surface area contributed by atoms with Crippen LogP contribution in [0.3, 0.4) is 0 Å². The van der Waals surface area contributed by atoms with Gasteiger partial charge in [-0.25, -0.2) is 0 Å². The SMILES string of the molecule is Cc1nn(C)c(CN2CCc3ccccc3C2=O)c1Br. The summed E-state index contributed by atoms with van der Waals surface area (Å²) in [7, 11) is 1.91. The van der Waals surface area contributed by atoms with Crippen LogP contribution in [-0.4, -0.2) is 27.1 Å². The molecular formula is C15H16BrN3O. The molecule has 4 nitrogen and oxygen atoms in total. The van der Waals surface area contributed by atoms with Crippen molar-refractivity contribution in [1.82, 2.24) is 14.7 Å². The predicted molar refractivity (Wildman–Crippen MR) is 80.5 cm³/mol. The van der Waals surface area contributed by atoms with Crippen LogP contribution in [0.25, 0.3) is 0 Å². The number of aromatic nitrogens is 2. The summed E-state index contributed by atoms with van der Waals surface area (Å²) in [6, 6.07) is 7.86. The molecule has 0 N–H and O–H groups in total. The molecule has 5 heteroatoms. The molecule has 0 atom stereocenters. The van der Waals surface area contributed by atoms with Gasteiger partial charge in [0.2, 0.25) is 0 Å². The summed E-state index contributed by atoms with van der Waals surface area (Å²) in [4.78, 5) is 14.4. The normalized spacial score (nSPS) is 14.6. The number of hydrogen-bond acceptors (Lipinski definition) is 2. The highest BCUT2D eigenvalue weighted by atomic mass is 79.9. The Morgan fingerprint density at radius 3 is 2.80 bits per heavy atom. The van der Waals surface area contributed by atoms with Crippen molar-refractivity contribution in [2.24, 2.45) is 7.05 Å². The molecule has 0 spiro atoms. The van der Waals surface area contributed by atoms with E-state index in [-0.39, 0.29) is 5.91 Å². The van der Waals surface area contributed by atoms with Crippen LogP contribution in [0, 0.1) is 6.92 Å². The smallest absolute Gasteiger partial charge is 0.254 e. The topological polar surface area (TPSA) is 38.1 Å². The maximum Gasteiger partial charge on any atom is 0.254 e. The van der Waals surface area contributed by atoms with Crippen LogP contribution >= 0.6 is 15.9 Å². The first kappa shape index (κ1) is 13.4. The molecule has 3 rings (SSSR count). The van der Waals surface area contributed by atoms with Crippen LogP contribution in [0.2, 0.25) is 0 Å². The lowest BCUT2D eigenvalue weighted by Crippen LogP contribution is -2.37. The molecule has 1 aromatic carbocycles. The zero-order valence-electron chi connectivity index (χ0n) is 11.6. The summed E-state index contributed by atoms with van der Waals surface area (Å²) in [6.45, 7) is 3.30. The molecule has 0 fully saturated rings. The lowest BCUT2D eigenvalue weighted by atomic mass is 9.99. The maximum absolute atomic E-state index is 12.5. The van der Waals surface area contributed by atoms with Gasteiger partial charge >= 0.3 is 0 Å². The van der Waals surface area contributed by atoms with Crippen molar-refractivity contribution in [3.8, 4) is 0 Å². The zero-order valence-corrected chi connectivity index (χ0v) is 13.1. The van der Waals surface area contributed by atoms with Crippen LogP contribution in [0.4, 0.5) is 0 Å². The number of carbonyl (C=O) groups is 1. The first-order valence-electron chi connectivity index (χ1n) is 6.63. The monoisotopic (exact) mass is 333 g/mol. The lowest BCUT2D eigenvalue weighted by molar-refractivity contribution is 0.0723. The number of nitrogens with zero attached hydrogens (tertiary/aromatic N) is 3. The average molecular weight is 334 g/mol. The van der Waals surface area contributed by atoms with Gasteiger partial charge in [0.1, 0.15) is 0 Å². The van der Waals surface area contributed by atoms with Crippen LogP contribution in [0.15, 0.2) is 28.7 Å². The largest absolute Gasteiger partial charge is 0.332 e. The number of halogens is 1. The van der Waals surface area contributed by atoms with Crippen LogP contribution in [0.5, 0.6) is 0 Å². The number of benzene rings is 1. The van der Waals surface area contributed by atoms with Crippen LogP contribution in [-0.2, 0) is 20.0 Å². The molecular weight excluding hydrogens is 318 g/mol. The van der Waals surface area contributed by atoms with E-state index in [0.717, 1.165) is 40.0 Å².